The number of benzene rings is 1. The van der Waals surface area contributed by atoms with E-state index in [1.165, 1.54) is 18.3 Å². The average Bonchev–Trinajstić information content (AvgIpc) is 2.37. The van der Waals surface area contributed by atoms with E-state index in [9.17, 15) is 9.59 Å². The van der Waals surface area contributed by atoms with Gasteiger partial charge in [0, 0.05) is 16.4 Å². The molecule has 102 valence electrons. The first-order valence-corrected chi connectivity index (χ1v) is 6.53. The molecule has 20 heavy (non-hydrogen) atoms. The number of aromatic carboxylic acids is 1. The molecule has 2 aromatic rings. The van der Waals surface area contributed by atoms with Crippen molar-refractivity contribution in [3.05, 3.63) is 57.8 Å². The molecule has 2 rings (SSSR count). The monoisotopic (exact) mass is 334 g/mol. The SMILES string of the molecule is Cc1cc(Br)cc(NC(=O)c2ccc(C(=O)O)nc2)c1. The van der Waals surface area contributed by atoms with Gasteiger partial charge < -0.3 is 10.4 Å². The fraction of sp³-hybridized carbons (Fsp3) is 0.0714. The molecule has 0 unspecified atom stereocenters. The number of rotatable bonds is 3. The summed E-state index contributed by atoms with van der Waals surface area (Å²) in [5.41, 5.74) is 1.87. The molecule has 0 saturated heterocycles. The molecule has 0 radical (unpaired) electrons. The summed E-state index contributed by atoms with van der Waals surface area (Å²) in [6, 6.07) is 8.27. The fourth-order valence-electron chi connectivity index (χ4n) is 1.67. The molecule has 0 bridgehead atoms. The van der Waals surface area contributed by atoms with Crippen molar-refractivity contribution in [3.8, 4) is 0 Å². The minimum atomic E-state index is -1.13. The molecule has 1 amide bonds. The van der Waals surface area contributed by atoms with E-state index in [2.05, 4.69) is 26.2 Å². The number of hydrogen-bond acceptors (Lipinski definition) is 3. The van der Waals surface area contributed by atoms with Crippen molar-refractivity contribution in [1.82, 2.24) is 4.98 Å². The summed E-state index contributed by atoms with van der Waals surface area (Å²) in [6.45, 7) is 1.92. The van der Waals surface area contributed by atoms with Gasteiger partial charge >= 0.3 is 5.97 Å². The number of carbonyl (C=O) groups is 2. The molecule has 1 aromatic heterocycles. The number of carboxylic acids is 1. The number of carboxylic acid groups (broad SMARTS) is 1. The number of nitrogens with one attached hydrogen (secondary N) is 1. The number of aryl methyl sites for hydroxylation is 1. The molecule has 0 aliphatic rings. The summed E-state index contributed by atoms with van der Waals surface area (Å²) in [6.07, 6.45) is 1.24. The van der Waals surface area contributed by atoms with Crippen LogP contribution in [-0.2, 0) is 0 Å². The van der Waals surface area contributed by atoms with Gasteiger partial charge in [-0.2, -0.15) is 0 Å². The Labute approximate surface area is 123 Å². The van der Waals surface area contributed by atoms with Crippen molar-refractivity contribution in [1.29, 1.82) is 0 Å². The van der Waals surface area contributed by atoms with Crippen LogP contribution in [0.2, 0.25) is 0 Å². The van der Waals surface area contributed by atoms with Gasteiger partial charge in [-0.1, -0.05) is 15.9 Å². The van der Waals surface area contributed by atoms with Crippen LogP contribution >= 0.6 is 15.9 Å². The molecule has 0 aliphatic carbocycles. The summed E-state index contributed by atoms with van der Waals surface area (Å²) in [5, 5.41) is 11.5. The Morgan fingerprint density at radius 2 is 2.00 bits per heavy atom. The molecular formula is C14H11BrN2O3. The third kappa shape index (κ3) is 3.42. The average molecular weight is 335 g/mol. The van der Waals surface area contributed by atoms with Crippen LogP contribution in [0, 0.1) is 6.92 Å². The van der Waals surface area contributed by atoms with Crippen LogP contribution in [0.4, 0.5) is 5.69 Å². The first kappa shape index (κ1) is 14.2. The maximum absolute atomic E-state index is 12.0. The van der Waals surface area contributed by atoms with Gasteiger partial charge in [-0.05, 0) is 42.8 Å². The lowest BCUT2D eigenvalue weighted by Crippen LogP contribution is -2.13. The van der Waals surface area contributed by atoms with Crippen LogP contribution in [0.5, 0.6) is 0 Å². The van der Waals surface area contributed by atoms with E-state index in [4.69, 9.17) is 5.11 Å². The predicted molar refractivity (Wildman–Crippen MR) is 78.0 cm³/mol. The number of hydrogen-bond donors (Lipinski definition) is 2. The highest BCUT2D eigenvalue weighted by Gasteiger charge is 2.09. The highest BCUT2D eigenvalue weighted by atomic mass is 79.9. The highest BCUT2D eigenvalue weighted by molar-refractivity contribution is 9.10. The largest absolute Gasteiger partial charge is 0.477 e. The molecule has 0 fully saturated rings. The van der Waals surface area contributed by atoms with Crippen molar-refractivity contribution in [2.24, 2.45) is 0 Å². The zero-order valence-corrected chi connectivity index (χ0v) is 12.1. The summed E-state index contributed by atoms with van der Waals surface area (Å²) in [5.74, 6) is -1.47. The molecule has 6 heteroatoms. The number of nitrogens with zero attached hydrogens (tertiary/aromatic N) is 1. The zero-order valence-electron chi connectivity index (χ0n) is 10.6. The van der Waals surface area contributed by atoms with Crippen LogP contribution in [0.25, 0.3) is 0 Å². The van der Waals surface area contributed by atoms with Crippen LogP contribution in [0.15, 0.2) is 41.0 Å². The van der Waals surface area contributed by atoms with Gasteiger partial charge in [0.1, 0.15) is 5.69 Å². The lowest BCUT2D eigenvalue weighted by atomic mass is 10.2. The van der Waals surface area contributed by atoms with Gasteiger partial charge in [0.15, 0.2) is 0 Å². The third-order valence-corrected chi connectivity index (χ3v) is 3.00. The Kier molecular flexibility index (Phi) is 4.14. The summed E-state index contributed by atoms with van der Waals surface area (Å²) < 4.78 is 0.868. The van der Waals surface area contributed by atoms with Crippen LogP contribution in [0.3, 0.4) is 0 Å². The van der Waals surface area contributed by atoms with E-state index in [1.54, 1.807) is 6.07 Å². The first-order valence-electron chi connectivity index (χ1n) is 5.73. The molecular weight excluding hydrogens is 324 g/mol. The van der Waals surface area contributed by atoms with Gasteiger partial charge in [-0.3, -0.25) is 4.79 Å². The van der Waals surface area contributed by atoms with Crippen LogP contribution < -0.4 is 5.32 Å². The van der Waals surface area contributed by atoms with Crippen molar-refractivity contribution < 1.29 is 14.7 Å². The molecule has 5 nitrogen and oxygen atoms in total. The second-order valence-electron chi connectivity index (χ2n) is 4.21. The number of anilines is 1. The van der Waals surface area contributed by atoms with Gasteiger partial charge in [0.25, 0.3) is 5.91 Å². The number of halogens is 1. The van der Waals surface area contributed by atoms with Crippen molar-refractivity contribution >= 4 is 33.5 Å². The maximum atomic E-state index is 12.0. The van der Waals surface area contributed by atoms with Gasteiger partial charge in [-0.25, -0.2) is 9.78 Å². The Hall–Kier alpha value is -2.21. The van der Waals surface area contributed by atoms with Gasteiger partial charge in [0.05, 0.1) is 5.56 Å². The fourth-order valence-corrected chi connectivity index (χ4v) is 2.27. The first-order chi connectivity index (χ1) is 9.45. The quantitative estimate of drug-likeness (QED) is 0.903. The molecule has 0 spiro atoms. The molecule has 0 saturated carbocycles. The van der Waals surface area contributed by atoms with E-state index in [-0.39, 0.29) is 11.6 Å². The second-order valence-corrected chi connectivity index (χ2v) is 5.12. The number of aromatic nitrogens is 1. The van der Waals surface area contributed by atoms with Crippen LogP contribution in [0.1, 0.15) is 26.4 Å². The van der Waals surface area contributed by atoms with Crippen molar-refractivity contribution in [3.63, 3.8) is 0 Å². The van der Waals surface area contributed by atoms with E-state index in [0.717, 1.165) is 10.0 Å². The molecule has 0 aliphatic heterocycles. The minimum absolute atomic E-state index is 0.0974. The summed E-state index contributed by atoms with van der Waals surface area (Å²) in [4.78, 5) is 26.4. The Morgan fingerprint density at radius 1 is 1.25 bits per heavy atom. The van der Waals surface area contributed by atoms with E-state index < -0.39 is 5.97 Å². The number of pyridine rings is 1. The van der Waals surface area contributed by atoms with Crippen molar-refractivity contribution in [2.75, 3.05) is 5.32 Å². The molecule has 1 heterocycles. The Bertz CT molecular complexity index is 648. The standard InChI is InChI=1S/C14H11BrN2O3/c1-8-4-10(15)6-11(5-8)17-13(18)9-2-3-12(14(19)20)16-7-9/h2-7H,1H3,(H,17,18)(H,19,20). The summed E-state index contributed by atoms with van der Waals surface area (Å²) >= 11 is 3.36. The Balaban J connectivity index is 2.17. The van der Waals surface area contributed by atoms with E-state index >= 15 is 0 Å². The van der Waals surface area contributed by atoms with Gasteiger partial charge in [-0.15, -0.1) is 0 Å². The Morgan fingerprint density at radius 3 is 2.55 bits per heavy atom. The second kappa shape index (κ2) is 5.83. The normalized spacial score (nSPS) is 10.1. The predicted octanol–water partition coefficient (Wildman–Crippen LogP) is 3.10. The number of carbonyl (C=O) groups excluding carboxylic acids is 1. The van der Waals surface area contributed by atoms with Gasteiger partial charge in [0.2, 0.25) is 0 Å². The third-order valence-electron chi connectivity index (χ3n) is 2.54. The highest BCUT2D eigenvalue weighted by Crippen LogP contribution is 2.19. The van der Waals surface area contributed by atoms with Crippen molar-refractivity contribution in [2.45, 2.75) is 6.92 Å². The molecule has 0 atom stereocenters. The minimum Gasteiger partial charge on any atom is -0.477 e. The lowest BCUT2D eigenvalue weighted by molar-refractivity contribution is 0.0690. The van der Waals surface area contributed by atoms with E-state index in [0.29, 0.717) is 11.3 Å². The smallest absolute Gasteiger partial charge is 0.354 e. The van der Waals surface area contributed by atoms with Crippen LogP contribution in [-0.4, -0.2) is 22.0 Å². The lowest BCUT2D eigenvalue weighted by Gasteiger charge is -2.07. The number of amides is 1. The maximum Gasteiger partial charge on any atom is 0.354 e. The van der Waals surface area contributed by atoms with E-state index in [1.807, 2.05) is 19.1 Å². The molecule has 2 N–H and O–H groups in total. The summed E-state index contributed by atoms with van der Waals surface area (Å²) in [7, 11) is 0. The topological polar surface area (TPSA) is 79.3 Å². The molecule has 1 aromatic carbocycles. The zero-order chi connectivity index (χ0) is 14.7.